The number of benzene rings is 1. The van der Waals surface area contributed by atoms with Gasteiger partial charge in [-0.05, 0) is 50.8 Å². The Kier molecular flexibility index (Phi) is 8.49. The van der Waals surface area contributed by atoms with Crippen LogP contribution in [0, 0.1) is 0 Å². The Labute approximate surface area is 235 Å². The van der Waals surface area contributed by atoms with Gasteiger partial charge in [-0.2, -0.15) is 0 Å². The van der Waals surface area contributed by atoms with Gasteiger partial charge < -0.3 is 41.0 Å². The number of carbonyl (C=O) groups is 5. The number of fused-ring (bicyclic) bond motifs is 1. The number of pyridine rings is 1. The Balaban J connectivity index is 1.84. The molecule has 1 saturated carbocycles. The maximum atomic E-state index is 14.0. The molecule has 2 fully saturated rings. The van der Waals surface area contributed by atoms with Gasteiger partial charge in [-0.3, -0.25) is 14.4 Å². The highest BCUT2D eigenvalue weighted by atomic mass is 16.6. The number of aromatic nitrogens is 1. The van der Waals surface area contributed by atoms with Crippen molar-refractivity contribution in [1.82, 2.24) is 14.8 Å². The average molecular weight is 572 g/mol. The molecular formula is C27H33N5O9. The number of hydrogen-bond acceptors (Lipinski definition) is 9. The second kappa shape index (κ2) is 11.9. The van der Waals surface area contributed by atoms with Crippen LogP contribution in [0.1, 0.15) is 61.0 Å². The number of nitrogens with zero attached hydrogens (tertiary/aromatic N) is 3. The van der Waals surface area contributed by atoms with Crippen LogP contribution >= 0.6 is 0 Å². The van der Waals surface area contributed by atoms with Crippen LogP contribution in [0.25, 0.3) is 10.9 Å². The highest BCUT2D eigenvalue weighted by molar-refractivity contribution is 6.02. The van der Waals surface area contributed by atoms with Crippen molar-refractivity contribution in [2.75, 3.05) is 38.5 Å². The molecule has 1 aliphatic carbocycles. The molecule has 14 heteroatoms. The lowest BCUT2D eigenvalue weighted by Gasteiger charge is -2.40. The molecule has 6 N–H and O–H groups in total. The van der Waals surface area contributed by atoms with Gasteiger partial charge in [0.15, 0.2) is 0 Å². The van der Waals surface area contributed by atoms with Crippen molar-refractivity contribution in [1.29, 1.82) is 0 Å². The summed E-state index contributed by atoms with van der Waals surface area (Å²) in [6, 6.07) is 4.56. The van der Waals surface area contributed by atoms with Crippen molar-refractivity contribution in [3.8, 4) is 5.75 Å². The topological polar surface area (TPSA) is 216 Å². The van der Waals surface area contributed by atoms with E-state index in [1.807, 2.05) is 0 Å². The van der Waals surface area contributed by atoms with Gasteiger partial charge in [-0.15, -0.1) is 0 Å². The molecule has 0 spiro atoms. The maximum Gasteiger partial charge on any atom is 0.409 e. The van der Waals surface area contributed by atoms with Crippen LogP contribution in [-0.2, 0) is 19.1 Å². The smallest absolute Gasteiger partial charge is 0.409 e. The Bertz CT molecular complexity index is 1380. The summed E-state index contributed by atoms with van der Waals surface area (Å²) in [5.74, 6) is -5.26. The van der Waals surface area contributed by atoms with Crippen molar-refractivity contribution >= 4 is 46.4 Å². The van der Waals surface area contributed by atoms with E-state index >= 15 is 0 Å². The van der Waals surface area contributed by atoms with E-state index in [2.05, 4.69) is 4.98 Å². The quantitative estimate of drug-likeness (QED) is 0.300. The van der Waals surface area contributed by atoms with Crippen molar-refractivity contribution in [2.24, 2.45) is 5.73 Å². The summed E-state index contributed by atoms with van der Waals surface area (Å²) in [7, 11) is 0. The Hall–Kier alpha value is -4.62. The monoisotopic (exact) mass is 571 g/mol. The van der Waals surface area contributed by atoms with Crippen molar-refractivity contribution in [2.45, 2.75) is 50.5 Å². The minimum atomic E-state index is -1.61. The van der Waals surface area contributed by atoms with Crippen LogP contribution in [0.5, 0.6) is 5.75 Å². The van der Waals surface area contributed by atoms with Gasteiger partial charge in [-0.25, -0.2) is 14.6 Å². The number of carboxylic acids is 2. The van der Waals surface area contributed by atoms with E-state index in [9.17, 15) is 34.2 Å². The molecule has 41 heavy (non-hydrogen) atoms. The summed E-state index contributed by atoms with van der Waals surface area (Å²) in [6.07, 6.45) is -0.226. The Morgan fingerprint density at radius 1 is 1.07 bits per heavy atom. The summed E-state index contributed by atoms with van der Waals surface area (Å²) in [5, 5.41) is 19.8. The fraction of sp³-hybridized carbons (Fsp3) is 0.481. The summed E-state index contributed by atoms with van der Waals surface area (Å²) < 4.78 is 11.2. The van der Waals surface area contributed by atoms with Crippen LogP contribution in [-0.4, -0.2) is 93.2 Å². The number of carboxylic acid groups (broad SMARTS) is 2. The maximum absolute atomic E-state index is 14.0. The molecule has 2 aliphatic rings. The molecule has 2 heterocycles. The summed E-state index contributed by atoms with van der Waals surface area (Å²) in [5.41, 5.74) is 10.2. The summed E-state index contributed by atoms with van der Waals surface area (Å²) in [4.78, 5) is 70.1. The molecule has 1 aliphatic heterocycles. The summed E-state index contributed by atoms with van der Waals surface area (Å²) in [6.45, 7) is 2.50. The van der Waals surface area contributed by atoms with Gasteiger partial charge >= 0.3 is 18.0 Å². The normalized spacial score (nSPS) is 16.9. The molecule has 0 radical (unpaired) electrons. The van der Waals surface area contributed by atoms with Gasteiger partial charge in [0.1, 0.15) is 11.4 Å². The summed E-state index contributed by atoms with van der Waals surface area (Å²) >= 11 is 0. The third-order valence-electron chi connectivity index (χ3n) is 7.49. The largest absolute Gasteiger partial charge is 0.481 e. The minimum Gasteiger partial charge on any atom is -0.481 e. The molecular weight excluding hydrogens is 538 g/mol. The van der Waals surface area contributed by atoms with E-state index in [-0.39, 0.29) is 74.6 Å². The van der Waals surface area contributed by atoms with E-state index in [1.54, 1.807) is 19.1 Å². The first kappa shape index (κ1) is 29.4. The highest BCUT2D eigenvalue weighted by Gasteiger charge is 2.49. The van der Waals surface area contributed by atoms with Gasteiger partial charge in [0.2, 0.25) is 11.5 Å². The van der Waals surface area contributed by atoms with Gasteiger partial charge in [0.05, 0.1) is 18.0 Å². The number of aliphatic carboxylic acids is 2. The number of rotatable bonds is 10. The molecule has 4 rings (SSSR count). The fourth-order valence-corrected chi connectivity index (χ4v) is 5.14. The number of primary amides is 1. The lowest BCUT2D eigenvalue weighted by molar-refractivity contribution is -0.163. The standard InChI is InChI=1S/C27H33N5O9/c1-2-40-26(39)32-12-10-31(11-13-32)24(36)17(6-7-19(33)34)20-21(23(29)35)30-18-14-15(28)4-5-16(18)22(20)41-27(25(37)38)8-3-9-27/h4-5,14,17H,2-3,6-13,28H2,1H3,(H2,29,35)(H,33,34)(H,37,38). The number of nitrogens with two attached hydrogens (primary N) is 2. The Morgan fingerprint density at radius 2 is 1.73 bits per heavy atom. The second-order valence-corrected chi connectivity index (χ2v) is 10.1. The molecule has 14 nitrogen and oxygen atoms in total. The number of anilines is 1. The predicted molar refractivity (Wildman–Crippen MR) is 144 cm³/mol. The molecule has 1 aromatic carbocycles. The number of amides is 3. The fourth-order valence-electron chi connectivity index (χ4n) is 5.14. The first-order valence-corrected chi connectivity index (χ1v) is 13.3. The molecule has 1 aromatic heterocycles. The minimum absolute atomic E-state index is 0.0682. The van der Waals surface area contributed by atoms with E-state index in [0.717, 1.165) is 0 Å². The highest BCUT2D eigenvalue weighted by Crippen LogP contribution is 2.45. The SMILES string of the molecule is CCOC(=O)N1CCN(C(=O)C(CCC(=O)O)c2c(C(N)=O)nc3cc(N)ccc3c2OC2(C(=O)O)CCC2)CC1. The molecule has 1 unspecified atom stereocenters. The van der Waals surface area contributed by atoms with Crippen LogP contribution in [0.2, 0.25) is 0 Å². The average Bonchev–Trinajstić information content (AvgIpc) is 2.90. The van der Waals surface area contributed by atoms with Gasteiger partial charge in [0, 0.05) is 49.2 Å². The number of hydrogen-bond donors (Lipinski definition) is 4. The van der Waals surface area contributed by atoms with Gasteiger partial charge in [0.25, 0.3) is 5.91 Å². The zero-order valence-corrected chi connectivity index (χ0v) is 22.6. The number of ether oxygens (including phenoxy) is 2. The van der Waals surface area contributed by atoms with Crippen molar-refractivity contribution < 1.29 is 43.7 Å². The third-order valence-corrected chi connectivity index (χ3v) is 7.49. The van der Waals surface area contributed by atoms with E-state index in [1.165, 1.54) is 15.9 Å². The number of nitrogen functional groups attached to an aromatic ring is 1. The third kappa shape index (κ3) is 5.95. The van der Waals surface area contributed by atoms with Crippen LogP contribution in [0.15, 0.2) is 18.2 Å². The van der Waals surface area contributed by atoms with E-state index < -0.39 is 47.8 Å². The second-order valence-electron chi connectivity index (χ2n) is 10.1. The van der Waals surface area contributed by atoms with Crippen LogP contribution in [0.3, 0.4) is 0 Å². The first-order chi connectivity index (χ1) is 19.5. The Morgan fingerprint density at radius 3 is 2.27 bits per heavy atom. The molecule has 3 amide bonds. The molecule has 0 bridgehead atoms. The first-order valence-electron chi connectivity index (χ1n) is 13.3. The number of carbonyl (C=O) groups excluding carboxylic acids is 3. The van der Waals surface area contributed by atoms with Crippen molar-refractivity contribution in [3.05, 3.63) is 29.5 Å². The molecule has 1 saturated heterocycles. The molecule has 1 atom stereocenters. The van der Waals surface area contributed by atoms with Crippen LogP contribution < -0.4 is 16.2 Å². The van der Waals surface area contributed by atoms with E-state index in [4.69, 9.17) is 20.9 Å². The van der Waals surface area contributed by atoms with Gasteiger partial charge in [-0.1, -0.05) is 0 Å². The predicted octanol–water partition coefficient (Wildman–Crippen LogP) is 1.55. The molecule has 2 aromatic rings. The zero-order chi connectivity index (χ0) is 29.9. The number of piperazine rings is 1. The zero-order valence-electron chi connectivity index (χ0n) is 22.6. The molecule has 220 valence electrons. The lowest BCUT2D eigenvalue weighted by atomic mass is 9.79. The van der Waals surface area contributed by atoms with Crippen molar-refractivity contribution in [3.63, 3.8) is 0 Å². The van der Waals surface area contributed by atoms with E-state index in [0.29, 0.717) is 17.5 Å². The lowest BCUT2D eigenvalue weighted by Crippen LogP contribution is -2.52. The van der Waals surface area contributed by atoms with Crippen LogP contribution in [0.4, 0.5) is 10.5 Å².